The number of amides is 5. The number of nitrogens with one attached hydrogen (secondary N) is 5. The van der Waals surface area contributed by atoms with E-state index in [0.717, 1.165) is 37.0 Å². The number of Topliss-reactive ketones (excluding diaryl/α,β-unsaturated/α-hetero) is 1. The lowest BCUT2D eigenvalue weighted by atomic mass is 10.0. The number of unbranched alkanes of at least 4 members (excludes halogenated alkanes) is 1. The number of hydrogen-bond donors (Lipinski definition) is 5. The van der Waals surface area contributed by atoms with Crippen LogP contribution in [0.5, 0.6) is 0 Å². The highest BCUT2D eigenvalue weighted by molar-refractivity contribution is 8.00. The smallest absolute Gasteiger partial charge is 0.315 e. The van der Waals surface area contributed by atoms with Gasteiger partial charge in [-0.05, 0) is 51.7 Å². The molecule has 16 heteroatoms. The van der Waals surface area contributed by atoms with Gasteiger partial charge in [0.2, 0.25) is 17.5 Å². The van der Waals surface area contributed by atoms with Crippen LogP contribution in [0.1, 0.15) is 74.7 Å². The average Bonchev–Trinajstić information content (AvgIpc) is 3.58. The zero-order chi connectivity index (χ0) is 35.8. The Morgan fingerprint density at radius 2 is 1.54 bits per heavy atom. The molecule has 4 rings (SSSR count). The highest BCUT2D eigenvalue weighted by Crippen LogP contribution is 2.38. The first-order chi connectivity index (χ1) is 24.1. The summed E-state index contributed by atoms with van der Waals surface area (Å²) in [5.41, 5.74) is 0.704. The molecule has 3 heterocycles. The fraction of sp³-hybridized carbons (Fsp3) is 0.676. The van der Waals surface area contributed by atoms with Crippen molar-refractivity contribution in [3.63, 3.8) is 0 Å². The fourth-order valence-electron chi connectivity index (χ4n) is 5.68. The van der Waals surface area contributed by atoms with Crippen molar-refractivity contribution in [3.8, 4) is 0 Å². The van der Waals surface area contributed by atoms with Crippen LogP contribution in [0.25, 0.3) is 0 Å². The Morgan fingerprint density at radius 1 is 0.900 bits per heavy atom. The van der Waals surface area contributed by atoms with Crippen LogP contribution in [0.15, 0.2) is 34.5 Å². The van der Waals surface area contributed by atoms with Gasteiger partial charge in [-0.15, -0.1) is 0 Å². The normalized spacial score (nSPS) is 20.4. The molecule has 0 unspecified atom stereocenters. The van der Waals surface area contributed by atoms with Crippen molar-refractivity contribution < 1.29 is 38.2 Å². The predicted octanol–water partition coefficient (Wildman–Crippen LogP) is 2.19. The minimum absolute atomic E-state index is 0.0552. The van der Waals surface area contributed by atoms with Crippen molar-refractivity contribution in [1.29, 1.82) is 0 Å². The number of benzene rings is 1. The molecule has 2 saturated heterocycles. The van der Waals surface area contributed by atoms with Gasteiger partial charge in [0.15, 0.2) is 0 Å². The van der Waals surface area contributed by atoms with Crippen LogP contribution >= 0.6 is 11.8 Å². The lowest BCUT2D eigenvalue weighted by Gasteiger charge is -2.18. The first-order valence-corrected chi connectivity index (χ1v) is 18.5. The molecule has 4 atom stereocenters. The second-order valence-electron chi connectivity index (χ2n) is 12.8. The summed E-state index contributed by atoms with van der Waals surface area (Å²) < 4.78 is 16.6. The van der Waals surface area contributed by atoms with Crippen LogP contribution in [0, 0.1) is 0 Å². The number of thioether (sulfide) groups is 1. The number of urea groups is 1. The topological polar surface area (TPSA) is 198 Å². The van der Waals surface area contributed by atoms with Gasteiger partial charge >= 0.3 is 6.03 Å². The van der Waals surface area contributed by atoms with Crippen molar-refractivity contribution in [1.82, 2.24) is 26.6 Å². The molecule has 0 spiro atoms. The summed E-state index contributed by atoms with van der Waals surface area (Å²) in [6, 6.07) is 6.23. The number of ether oxygens (including phenoxy) is 3. The Balaban J connectivity index is 0.914. The zero-order valence-corrected chi connectivity index (χ0v) is 29.8. The predicted molar refractivity (Wildman–Crippen MR) is 187 cm³/mol. The number of ketones is 1. The number of rotatable bonds is 25. The summed E-state index contributed by atoms with van der Waals surface area (Å²) in [5, 5.41) is 22.7. The summed E-state index contributed by atoms with van der Waals surface area (Å²) in [4.78, 5) is 60.7. The molecule has 0 radical (unpaired) electrons. The first kappa shape index (κ1) is 39.2. The molecule has 15 nitrogen and oxygen atoms in total. The van der Waals surface area contributed by atoms with Crippen molar-refractivity contribution >= 4 is 41.3 Å². The summed E-state index contributed by atoms with van der Waals surface area (Å²) in [6.07, 6.45) is 4.49. The van der Waals surface area contributed by atoms with Gasteiger partial charge < -0.3 is 40.8 Å². The molecule has 1 aromatic rings. The number of carbonyl (C=O) groups excluding carboxylic acids is 5. The maximum Gasteiger partial charge on any atom is 0.315 e. The standard InChI is InChI=1S/C34H51N7O8S/c1-23(42)21-26(37-31(44)24-9-11-25(12-10-24)34(2)40-41-34)32(45)36-14-6-16-48-18-20-49-19-17-47-15-5-13-35-29(43)8-4-3-7-28-30-27(22-50-28)38-33(46)39-30/h9-12,26-28,30H,3-8,13-22H2,1-2H3,(H,35,43)(H,36,45)(H,37,44)(H2,38,39,46)/t26-,27+,28+,30+/m1/s1. The molecule has 3 aliphatic rings. The Labute approximate surface area is 297 Å². The molecule has 2 fully saturated rings. The lowest BCUT2D eigenvalue weighted by Crippen LogP contribution is -2.48. The van der Waals surface area contributed by atoms with Crippen LogP contribution in [0.2, 0.25) is 0 Å². The summed E-state index contributed by atoms with van der Waals surface area (Å²) in [7, 11) is 0. The third kappa shape index (κ3) is 13.3. The highest BCUT2D eigenvalue weighted by atomic mass is 32.2. The maximum absolute atomic E-state index is 12.7. The Morgan fingerprint density at radius 3 is 2.18 bits per heavy atom. The Hall–Kier alpha value is -3.60. The van der Waals surface area contributed by atoms with Crippen LogP contribution in [-0.2, 0) is 34.3 Å². The zero-order valence-electron chi connectivity index (χ0n) is 29.0. The van der Waals surface area contributed by atoms with E-state index in [1.54, 1.807) is 24.3 Å². The molecule has 0 aliphatic carbocycles. The summed E-state index contributed by atoms with van der Waals surface area (Å²) in [6.45, 7) is 6.79. The average molecular weight is 718 g/mol. The highest BCUT2D eigenvalue weighted by Gasteiger charge is 2.42. The van der Waals surface area contributed by atoms with E-state index in [2.05, 4.69) is 36.8 Å². The molecule has 0 bridgehead atoms. The van der Waals surface area contributed by atoms with E-state index in [9.17, 15) is 24.0 Å². The quantitative estimate of drug-likeness (QED) is 0.0744. The van der Waals surface area contributed by atoms with E-state index in [1.165, 1.54) is 6.92 Å². The van der Waals surface area contributed by atoms with Crippen molar-refractivity contribution in [2.75, 3.05) is 58.5 Å². The second-order valence-corrected chi connectivity index (χ2v) is 14.1. The molecule has 0 aromatic heterocycles. The van der Waals surface area contributed by atoms with Gasteiger partial charge in [0.05, 0.1) is 38.5 Å². The number of carbonyl (C=O) groups is 5. The number of hydrogen-bond acceptors (Lipinski definition) is 11. The minimum Gasteiger partial charge on any atom is -0.379 e. The fourth-order valence-corrected chi connectivity index (χ4v) is 7.23. The van der Waals surface area contributed by atoms with Crippen LogP contribution in [-0.4, -0.2) is 111 Å². The van der Waals surface area contributed by atoms with Crippen LogP contribution < -0.4 is 26.6 Å². The van der Waals surface area contributed by atoms with Gasteiger partial charge in [0.1, 0.15) is 11.8 Å². The van der Waals surface area contributed by atoms with Gasteiger partial charge in [-0.2, -0.15) is 22.0 Å². The van der Waals surface area contributed by atoms with E-state index in [1.807, 2.05) is 18.7 Å². The Kier molecular flexibility index (Phi) is 15.9. The number of fused-ring (bicyclic) bond motifs is 1. The minimum atomic E-state index is -0.978. The SMILES string of the molecule is CC(=O)C[C@@H](NC(=O)c1ccc(C2(C)N=N2)cc1)C(=O)NCCCOCCOCCOCCCNC(=O)CCCC[C@@H]1SC[C@@H]2NC(=O)N[C@@H]21. The van der Waals surface area contributed by atoms with Crippen LogP contribution in [0.4, 0.5) is 4.79 Å². The van der Waals surface area contributed by atoms with E-state index in [4.69, 9.17) is 14.2 Å². The van der Waals surface area contributed by atoms with Gasteiger partial charge in [-0.25, -0.2) is 4.79 Å². The molecule has 3 aliphatic heterocycles. The number of nitrogens with zero attached hydrogens (tertiary/aromatic N) is 2. The molecule has 1 aromatic carbocycles. The van der Waals surface area contributed by atoms with E-state index >= 15 is 0 Å². The molecular formula is C34H51N7O8S. The van der Waals surface area contributed by atoms with Crippen LogP contribution in [0.3, 0.4) is 0 Å². The maximum atomic E-state index is 12.7. The molecule has 5 N–H and O–H groups in total. The van der Waals surface area contributed by atoms with E-state index < -0.39 is 23.5 Å². The van der Waals surface area contributed by atoms with Crippen molar-refractivity contribution in [2.24, 2.45) is 10.2 Å². The molecule has 0 saturated carbocycles. The van der Waals surface area contributed by atoms with Gasteiger partial charge in [0.25, 0.3) is 5.91 Å². The largest absolute Gasteiger partial charge is 0.379 e. The lowest BCUT2D eigenvalue weighted by molar-refractivity contribution is -0.126. The molecule has 5 amide bonds. The monoisotopic (exact) mass is 717 g/mol. The molecule has 50 heavy (non-hydrogen) atoms. The van der Waals surface area contributed by atoms with Crippen molar-refractivity contribution in [2.45, 2.75) is 87.8 Å². The van der Waals surface area contributed by atoms with Gasteiger partial charge in [-0.1, -0.05) is 18.6 Å². The first-order valence-electron chi connectivity index (χ1n) is 17.5. The van der Waals surface area contributed by atoms with E-state index in [0.29, 0.717) is 76.4 Å². The van der Waals surface area contributed by atoms with E-state index in [-0.39, 0.29) is 36.2 Å². The van der Waals surface area contributed by atoms with Crippen molar-refractivity contribution in [3.05, 3.63) is 35.4 Å². The third-order valence-electron chi connectivity index (χ3n) is 8.58. The van der Waals surface area contributed by atoms with Gasteiger partial charge in [-0.3, -0.25) is 19.2 Å². The summed E-state index contributed by atoms with van der Waals surface area (Å²) in [5.74, 6) is -0.0757. The van der Waals surface area contributed by atoms with Gasteiger partial charge in [0, 0.05) is 61.3 Å². The molecule has 276 valence electrons. The summed E-state index contributed by atoms with van der Waals surface area (Å²) >= 11 is 1.89. The molecular weight excluding hydrogens is 666 g/mol. The Bertz CT molecular complexity index is 1320. The third-order valence-corrected chi connectivity index (χ3v) is 10.1. The second kappa shape index (κ2) is 20.3.